The normalized spacial score (nSPS) is 18.2. The number of para-hydroxylation sites is 1. The van der Waals surface area contributed by atoms with E-state index in [0.717, 1.165) is 17.7 Å². The Morgan fingerprint density at radius 3 is 2.88 bits per heavy atom. The molecule has 0 radical (unpaired) electrons. The second kappa shape index (κ2) is 7.72. The summed E-state index contributed by atoms with van der Waals surface area (Å²) in [7, 11) is 0. The Morgan fingerprint density at radius 1 is 1.42 bits per heavy atom. The van der Waals surface area contributed by atoms with Gasteiger partial charge in [-0.2, -0.15) is 0 Å². The molecule has 26 heavy (non-hydrogen) atoms. The molecule has 0 saturated carbocycles. The van der Waals surface area contributed by atoms with Crippen LogP contribution in [0.4, 0.5) is 5.69 Å². The molecule has 3 rings (SSSR count). The van der Waals surface area contributed by atoms with Crippen molar-refractivity contribution in [3.05, 3.63) is 47.3 Å². The summed E-state index contributed by atoms with van der Waals surface area (Å²) in [5.41, 5.74) is 2.76. The van der Waals surface area contributed by atoms with Crippen LogP contribution in [0, 0.1) is 12.8 Å². The fourth-order valence-corrected chi connectivity index (χ4v) is 3.31. The minimum atomic E-state index is -0.347. The van der Waals surface area contributed by atoms with E-state index in [9.17, 15) is 9.59 Å². The van der Waals surface area contributed by atoms with E-state index in [0.29, 0.717) is 30.5 Å². The maximum Gasteiger partial charge on any atom is 0.227 e. The standard InChI is InChI=1S/C20H25N3O3/c1-4-13(2)17-7-5-6-8-18(17)23-12-15(10-19(23)24)20(25)21-11-16-9-14(3)26-22-16/h5-9,13,15H,4,10-12H2,1-3H3,(H,21,25). The van der Waals surface area contributed by atoms with Crippen molar-refractivity contribution in [3.63, 3.8) is 0 Å². The number of aromatic nitrogens is 1. The summed E-state index contributed by atoms with van der Waals surface area (Å²) in [5.74, 6) is 0.599. The molecule has 2 unspecified atom stereocenters. The number of nitrogens with zero attached hydrogens (tertiary/aromatic N) is 2. The summed E-state index contributed by atoms with van der Waals surface area (Å²) in [6.45, 7) is 6.82. The van der Waals surface area contributed by atoms with E-state index in [1.165, 1.54) is 0 Å². The van der Waals surface area contributed by atoms with Gasteiger partial charge in [0.25, 0.3) is 0 Å². The lowest BCUT2D eigenvalue weighted by Crippen LogP contribution is -2.33. The van der Waals surface area contributed by atoms with Crippen molar-refractivity contribution in [2.75, 3.05) is 11.4 Å². The molecule has 0 bridgehead atoms. The summed E-state index contributed by atoms with van der Waals surface area (Å²) >= 11 is 0. The minimum Gasteiger partial charge on any atom is -0.361 e. The fourth-order valence-electron chi connectivity index (χ4n) is 3.31. The van der Waals surface area contributed by atoms with E-state index in [1.54, 1.807) is 17.9 Å². The molecule has 2 heterocycles. The van der Waals surface area contributed by atoms with E-state index in [1.807, 2.05) is 18.2 Å². The molecule has 0 spiro atoms. The third kappa shape index (κ3) is 3.79. The predicted octanol–water partition coefficient (Wildman–Crippen LogP) is 3.17. The molecule has 1 fully saturated rings. The molecular formula is C20H25N3O3. The van der Waals surface area contributed by atoms with E-state index < -0.39 is 0 Å². The highest BCUT2D eigenvalue weighted by atomic mass is 16.5. The monoisotopic (exact) mass is 355 g/mol. The molecule has 1 aromatic carbocycles. The summed E-state index contributed by atoms with van der Waals surface area (Å²) < 4.78 is 5.00. The smallest absolute Gasteiger partial charge is 0.227 e. The van der Waals surface area contributed by atoms with Gasteiger partial charge in [0.05, 0.1) is 12.5 Å². The highest BCUT2D eigenvalue weighted by Gasteiger charge is 2.36. The van der Waals surface area contributed by atoms with Crippen LogP contribution in [0.25, 0.3) is 0 Å². The molecule has 1 aliphatic heterocycles. The molecule has 1 saturated heterocycles. The van der Waals surface area contributed by atoms with Crippen LogP contribution in [0.3, 0.4) is 0 Å². The average Bonchev–Trinajstić information content (AvgIpc) is 3.24. The molecule has 6 heteroatoms. The van der Waals surface area contributed by atoms with E-state index >= 15 is 0 Å². The summed E-state index contributed by atoms with van der Waals surface area (Å²) in [5, 5.41) is 6.72. The number of nitrogens with one attached hydrogen (secondary N) is 1. The zero-order valence-electron chi connectivity index (χ0n) is 15.5. The van der Waals surface area contributed by atoms with Crippen LogP contribution in [0.15, 0.2) is 34.9 Å². The van der Waals surface area contributed by atoms with Crippen molar-refractivity contribution in [1.29, 1.82) is 0 Å². The predicted molar refractivity (Wildman–Crippen MR) is 98.7 cm³/mol. The first-order valence-corrected chi connectivity index (χ1v) is 9.08. The summed E-state index contributed by atoms with van der Waals surface area (Å²) in [4.78, 5) is 26.8. The van der Waals surface area contributed by atoms with Crippen LogP contribution in [-0.2, 0) is 16.1 Å². The van der Waals surface area contributed by atoms with Gasteiger partial charge in [-0.15, -0.1) is 0 Å². The van der Waals surface area contributed by atoms with Gasteiger partial charge in [-0.1, -0.05) is 37.2 Å². The topological polar surface area (TPSA) is 75.4 Å². The second-order valence-corrected chi connectivity index (χ2v) is 6.92. The Balaban J connectivity index is 1.68. The second-order valence-electron chi connectivity index (χ2n) is 6.92. The molecule has 0 aliphatic carbocycles. The molecule has 1 aliphatic rings. The maximum atomic E-state index is 12.5. The first-order valence-electron chi connectivity index (χ1n) is 9.08. The lowest BCUT2D eigenvalue weighted by Gasteiger charge is -2.23. The van der Waals surface area contributed by atoms with Gasteiger partial charge >= 0.3 is 0 Å². The van der Waals surface area contributed by atoms with Gasteiger partial charge < -0.3 is 14.7 Å². The zero-order valence-corrected chi connectivity index (χ0v) is 15.5. The quantitative estimate of drug-likeness (QED) is 0.863. The molecule has 138 valence electrons. The number of benzene rings is 1. The van der Waals surface area contributed by atoms with E-state index in [2.05, 4.69) is 30.4 Å². The van der Waals surface area contributed by atoms with Gasteiger partial charge in [0.15, 0.2) is 0 Å². The van der Waals surface area contributed by atoms with Crippen molar-refractivity contribution in [2.24, 2.45) is 5.92 Å². The summed E-state index contributed by atoms with van der Waals surface area (Å²) in [6, 6.07) is 9.76. The van der Waals surface area contributed by atoms with Crippen LogP contribution in [-0.4, -0.2) is 23.5 Å². The van der Waals surface area contributed by atoms with E-state index in [4.69, 9.17) is 4.52 Å². The molecule has 1 aromatic heterocycles. The molecule has 1 N–H and O–H groups in total. The third-order valence-electron chi connectivity index (χ3n) is 4.99. The zero-order chi connectivity index (χ0) is 18.7. The summed E-state index contributed by atoms with van der Waals surface area (Å²) in [6.07, 6.45) is 1.23. The number of carbonyl (C=O) groups is 2. The number of hydrogen-bond donors (Lipinski definition) is 1. The van der Waals surface area contributed by atoms with Gasteiger partial charge in [0, 0.05) is 24.7 Å². The first kappa shape index (κ1) is 18.2. The fraction of sp³-hybridized carbons (Fsp3) is 0.450. The van der Waals surface area contributed by atoms with Crippen LogP contribution >= 0.6 is 0 Å². The lowest BCUT2D eigenvalue weighted by atomic mass is 9.96. The Bertz CT molecular complexity index is 799. The van der Waals surface area contributed by atoms with Crippen LogP contribution in [0.1, 0.15) is 49.6 Å². The number of amides is 2. The SMILES string of the molecule is CCC(C)c1ccccc1N1CC(C(=O)NCc2cc(C)on2)CC1=O. The number of carbonyl (C=O) groups excluding carboxylic acids is 2. The van der Waals surface area contributed by atoms with Gasteiger partial charge in [-0.05, 0) is 30.9 Å². The van der Waals surface area contributed by atoms with E-state index in [-0.39, 0.29) is 24.2 Å². The highest BCUT2D eigenvalue weighted by molar-refractivity contribution is 6.00. The maximum absolute atomic E-state index is 12.5. The van der Waals surface area contributed by atoms with Crippen LogP contribution in [0.5, 0.6) is 0 Å². The Hall–Kier alpha value is -2.63. The van der Waals surface area contributed by atoms with Gasteiger partial charge in [-0.3, -0.25) is 9.59 Å². The van der Waals surface area contributed by atoms with Gasteiger partial charge in [0.2, 0.25) is 11.8 Å². The number of anilines is 1. The Morgan fingerprint density at radius 2 is 2.19 bits per heavy atom. The van der Waals surface area contributed by atoms with Crippen molar-refractivity contribution in [2.45, 2.75) is 46.1 Å². The molecular weight excluding hydrogens is 330 g/mol. The largest absolute Gasteiger partial charge is 0.361 e. The van der Waals surface area contributed by atoms with Crippen molar-refractivity contribution < 1.29 is 14.1 Å². The molecule has 2 aromatic rings. The average molecular weight is 355 g/mol. The number of aryl methyl sites for hydroxylation is 1. The van der Waals surface area contributed by atoms with Crippen molar-refractivity contribution >= 4 is 17.5 Å². The minimum absolute atomic E-state index is 0.00168. The number of rotatable bonds is 6. The van der Waals surface area contributed by atoms with Gasteiger partial charge in [0.1, 0.15) is 11.5 Å². The highest BCUT2D eigenvalue weighted by Crippen LogP contribution is 2.33. The van der Waals surface area contributed by atoms with Crippen molar-refractivity contribution in [1.82, 2.24) is 10.5 Å². The molecule has 6 nitrogen and oxygen atoms in total. The van der Waals surface area contributed by atoms with Gasteiger partial charge in [-0.25, -0.2) is 0 Å². The molecule has 2 amide bonds. The van der Waals surface area contributed by atoms with Crippen molar-refractivity contribution in [3.8, 4) is 0 Å². The third-order valence-corrected chi connectivity index (χ3v) is 4.99. The molecule has 2 atom stereocenters. The lowest BCUT2D eigenvalue weighted by molar-refractivity contribution is -0.126. The first-order chi connectivity index (χ1) is 12.5. The van der Waals surface area contributed by atoms with Crippen LogP contribution in [0.2, 0.25) is 0 Å². The Kier molecular flexibility index (Phi) is 5.40. The van der Waals surface area contributed by atoms with Crippen LogP contribution < -0.4 is 10.2 Å². The Labute approximate surface area is 153 Å². The number of hydrogen-bond acceptors (Lipinski definition) is 4.